The predicted octanol–water partition coefficient (Wildman–Crippen LogP) is 0.877. The quantitative estimate of drug-likeness (QED) is 0.766. The summed E-state index contributed by atoms with van der Waals surface area (Å²) in [6.07, 6.45) is 7.55. The lowest BCUT2D eigenvalue weighted by molar-refractivity contribution is -0.138. The maximum absolute atomic E-state index is 12.5. The minimum Gasteiger partial charge on any atom is -0.395 e. The van der Waals surface area contributed by atoms with Crippen molar-refractivity contribution in [3.05, 3.63) is 0 Å². The molecule has 4 nitrogen and oxygen atoms in total. The summed E-state index contributed by atoms with van der Waals surface area (Å²) in [6, 6.07) is 0.382. The van der Waals surface area contributed by atoms with Gasteiger partial charge >= 0.3 is 0 Å². The van der Waals surface area contributed by atoms with Crippen molar-refractivity contribution in [2.24, 2.45) is 11.7 Å². The number of nitrogens with two attached hydrogens (primary N) is 1. The molecule has 0 aromatic carbocycles. The van der Waals surface area contributed by atoms with Crippen LogP contribution in [0.1, 0.15) is 44.9 Å². The van der Waals surface area contributed by atoms with Crippen molar-refractivity contribution in [2.75, 3.05) is 13.2 Å². The van der Waals surface area contributed by atoms with Crippen molar-refractivity contribution in [2.45, 2.75) is 57.0 Å². The zero-order valence-corrected chi connectivity index (χ0v) is 10.5. The SMILES string of the molecule is NC1CCCC1C(=O)N(CCO)C1CCCC1. The number of nitrogens with zero attached hydrogens (tertiary/aromatic N) is 1. The molecule has 2 fully saturated rings. The normalized spacial score (nSPS) is 29.8. The molecule has 1 amide bonds. The van der Waals surface area contributed by atoms with Gasteiger partial charge in [0, 0.05) is 18.6 Å². The van der Waals surface area contributed by atoms with Crippen LogP contribution in [0.4, 0.5) is 0 Å². The van der Waals surface area contributed by atoms with Crippen molar-refractivity contribution < 1.29 is 9.90 Å². The van der Waals surface area contributed by atoms with Crippen LogP contribution in [0.15, 0.2) is 0 Å². The van der Waals surface area contributed by atoms with Crippen molar-refractivity contribution in [1.29, 1.82) is 0 Å². The van der Waals surface area contributed by atoms with E-state index >= 15 is 0 Å². The van der Waals surface area contributed by atoms with E-state index in [0.717, 1.165) is 32.1 Å². The van der Waals surface area contributed by atoms with E-state index in [9.17, 15) is 4.79 Å². The molecule has 2 aliphatic carbocycles. The Hall–Kier alpha value is -0.610. The first-order valence-electron chi connectivity index (χ1n) is 6.91. The Morgan fingerprint density at radius 1 is 1.18 bits per heavy atom. The van der Waals surface area contributed by atoms with Gasteiger partial charge in [-0.05, 0) is 25.7 Å². The highest BCUT2D eigenvalue weighted by Gasteiger charge is 2.36. The molecule has 98 valence electrons. The topological polar surface area (TPSA) is 66.6 Å². The van der Waals surface area contributed by atoms with Crippen LogP contribution >= 0.6 is 0 Å². The summed E-state index contributed by atoms with van der Waals surface area (Å²) < 4.78 is 0. The molecule has 2 unspecified atom stereocenters. The van der Waals surface area contributed by atoms with Crippen molar-refractivity contribution in [3.8, 4) is 0 Å². The third-order valence-electron chi connectivity index (χ3n) is 4.28. The predicted molar refractivity (Wildman–Crippen MR) is 66.4 cm³/mol. The number of aliphatic hydroxyl groups excluding tert-OH is 1. The minimum atomic E-state index is 0.00199. The Morgan fingerprint density at radius 2 is 1.88 bits per heavy atom. The van der Waals surface area contributed by atoms with E-state index in [4.69, 9.17) is 10.8 Å². The molecule has 0 aromatic heterocycles. The first-order valence-corrected chi connectivity index (χ1v) is 6.91. The monoisotopic (exact) mass is 240 g/mol. The molecule has 0 heterocycles. The van der Waals surface area contributed by atoms with Crippen LogP contribution in [0.3, 0.4) is 0 Å². The largest absolute Gasteiger partial charge is 0.395 e. The van der Waals surface area contributed by atoms with E-state index in [-0.39, 0.29) is 24.5 Å². The molecular weight excluding hydrogens is 216 g/mol. The fraction of sp³-hybridized carbons (Fsp3) is 0.923. The number of rotatable bonds is 4. The smallest absolute Gasteiger partial charge is 0.227 e. The van der Waals surface area contributed by atoms with E-state index in [1.807, 2.05) is 4.90 Å². The Kier molecular flexibility index (Phi) is 4.40. The second-order valence-corrected chi connectivity index (χ2v) is 5.39. The van der Waals surface area contributed by atoms with Gasteiger partial charge in [0.1, 0.15) is 0 Å². The van der Waals surface area contributed by atoms with Crippen LogP contribution in [0, 0.1) is 5.92 Å². The van der Waals surface area contributed by atoms with Gasteiger partial charge in [-0.2, -0.15) is 0 Å². The summed E-state index contributed by atoms with van der Waals surface area (Å²) in [7, 11) is 0. The molecule has 0 radical (unpaired) electrons. The van der Waals surface area contributed by atoms with Crippen LogP contribution in [0.5, 0.6) is 0 Å². The van der Waals surface area contributed by atoms with Gasteiger partial charge in [0.25, 0.3) is 0 Å². The maximum Gasteiger partial charge on any atom is 0.227 e. The van der Waals surface area contributed by atoms with Gasteiger partial charge in [0.15, 0.2) is 0 Å². The summed E-state index contributed by atoms with van der Waals surface area (Å²) in [5.74, 6) is 0.193. The molecule has 0 aliphatic heterocycles. The lowest BCUT2D eigenvalue weighted by Crippen LogP contribution is -2.47. The first-order chi connectivity index (χ1) is 8.24. The number of hydrogen-bond donors (Lipinski definition) is 2. The van der Waals surface area contributed by atoms with Gasteiger partial charge in [-0.15, -0.1) is 0 Å². The summed E-state index contributed by atoms with van der Waals surface area (Å²) in [4.78, 5) is 14.4. The van der Waals surface area contributed by atoms with Crippen LogP contribution in [0.2, 0.25) is 0 Å². The molecule has 0 aromatic rings. The maximum atomic E-state index is 12.5. The molecular formula is C13H24N2O2. The molecule has 0 spiro atoms. The third kappa shape index (κ3) is 2.80. The molecule has 4 heteroatoms. The highest BCUT2D eigenvalue weighted by atomic mass is 16.3. The zero-order chi connectivity index (χ0) is 12.3. The van der Waals surface area contributed by atoms with E-state index in [1.165, 1.54) is 12.8 Å². The summed E-state index contributed by atoms with van der Waals surface area (Å²) in [6.45, 7) is 0.539. The Labute approximate surface area is 103 Å². The van der Waals surface area contributed by atoms with Crippen LogP contribution in [-0.2, 0) is 4.79 Å². The Balaban J connectivity index is 2.01. The average Bonchev–Trinajstić information content (AvgIpc) is 2.95. The van der Waals surface area contributed by atoms with E-state index in [0.29, 0.717) is 12.6 Å². The minimum absolute atomic E-state index is 0.00199. The van der Waals surface area contributed by atoms with Gasteiger partial charge in [-0.3, -0.25) is 4.79 Å². The van der Waals surface area contributed by atoms with Gasteiger partial charge < -0.3 is 15.7 Å². The summed E-state index contributed by atoms with van der Waals surface area (Å²) in [5.41, 5.74) is 6.00. The number of amides is 1. The Bertz CT molecular complexity index is 264. The van der Waals surface area contributed by atoms with Crippen LogP contribution < -0.4 is 5.73 Å². The molecule has 2 rings (SSSR count). The summed E-state index contributed by atoms with van der Waals surface area (Å²) in [5, 5.41) is 9.13. The lowest BCUT2D eigenvalue weighted by atomic mass is 10.0. The second-order valence-electron chi connectivity index (χ2n) is 5.39. The molecule has 2 saturated carbocycles. The van der Waals surface area contributed by atoms with Crippen LogP contribution in [0.25, 0.3) is 0 Å². The summed E-state index contributed by atoms with van der Waals surface area (Å²) >= 11 is 0. The fourth-order valence-electron chi connectivity index (χ4n) is 3.30. The highest BCUT2D eigenvalue weighted by Crippen LogP contribution is 2.30. The van der Waals surface area contributed by atoms with E-state index < -0.39 is 0 Å². The molecule has 3 N–H and O–H groups in total. The number of hydrogen-bond acceptors (Lipinski definition) is 3. The van der Waals surface area contributed by atoms with Crippen LogP contribution in [-0.4, -0.2) is 41.1 Å². The second kappa shape index (κ2) is 5.83. The van der Waals surface area contributed by atoms with Crippen molar-refractivity contribution in [1.82, 2.24) is 4.90 Å². The lowest BCUT2D eigenvalue weighted by Gasteiger charge is -2.32. The Morgan fingerprint density at radius 3 is 2.41 bits per heavy atom. The number of carbonyl (C=O) groups excluding carboxylic acids is 1. The molecule has 2 aliphatic rings. The fourth-order valence-corrected chi connectivity index (χ4v) is 3.30. The van der Waals surface area contributed by atoms with Crippen molar-refractivity contribution in [3.63, 3.8) is 0 Å². The van der Waals surface area contributed by atoms with E-state index in [2.05, 4.69) is 0 Å². The van der Waals surface area contributed by atoms with Gasteiger partial charge in [-0.1, -0.05) is 19.3 Å². The van der Waals surface area contributed by atoms with Gasteiger partial charge in [-0.25, -0.2) is 0 Å². The molecule has 0 saturated heterocycles. The zero-order valence-electron chi connectivity index (χ0n) is 10.5. The molecule has 2 atom stereocenters. The molecule has 17 heavy (non-hydrogen) atoms. The average molecular weight is 240 g/mol. The highest BCUT2D eigenvalue weighted by molar-refractivity contribution is 5.80. The number of carbonyl (C=O) groups is 1. The van der Waals surface area contributed by atoms with E-state index in [1.54, 1.807) is 0 Å². The number of aliphatic hydroxyl groups is 1. The molecule has 0 bridgehead atoms. The standard InChI is InChI=1S/C13H24N2O2/c14-12-7-3-6-11(12)13(17)15(8-9-16)10-4-1-2-5-10/h10-12,16H,1-9,14H2. The first kappa shape index (κ1) is 12.8. The van der Waals surface area contributed by atoms with Gasteiger partial charge in [0.2, 0.25) is 5.91 Å². The van der Waals surface area contributed by atoms with Crippen molar-refractivity contribution >= 4 is 5.91 Å². The third-order valence-corrected chi connectivity index (χ3v) is 4.28. The van der Waals surface area contributed by atoms with Gasteiger partial charge in [0.05, 0.1) is 12.5 Å².